The van der Waals surface area contributed by atoms with Crippen LogP contribution in [0.3, 0.4) is 0 Å². The Hall–Kier alpha value is -1.89. The molecule has 20 heavy (non-hydrogen) atoms. The van der Waals surface area contributed by atoms with Gasteiger partial charge in [0.1, 0.15) is 11.6 Å². The highest BCUT2D eigenvalue weighted by Crippen LogP contribution is 2.26. The molecule has 0 saturated carbocycles. The van der Waals surface area contributed by atoms with E-state index >= 15 is 0 Å². The monoisotopic (exact) mass is 339 g/mol. The number of hydrogen-bond acceptors (Lipinski definition) is 4. The lowest BCUT2D eigenvalue weighted by Crippen LogP contribution is -2.05. The van der Waals surface area contributed by atoms with Gasteiger partial charge in [0, 0.05) is 17.0 Å². The molecular formula is C13H14BrN3O3. The highest BCUT2D eigenvalue weighted by molar-refractivity contribution is 9.10. The molecular weight excluding hydrogens is 326 g/mol. The van der Waals surface area contributed by atoms with Crippen molar-refractivity contribution in [1.82, 2.24) is 14.8 Å². The minimum absolute atomic E-state index is 0.205. The van der Waals surface area contributed by atoms with Crippen molar-refractivity contribution in [2.75, 3.05) is 7.11 Å². The number of halogens is 1. The van der Waals surface area contributed by atoms with Gasteiger partial charge in [0.25, 0.3) is 5.82 Å². The van der Waals surface area contributed by atoms with Gasteiger partial charge in [-0.05, 0) is 34.5 Å². The smallest absolute Gasteiger partial charge is 0.375 e. The number of rotatable bonds is 5. The molecule has 0 aliphatic carbocycles. The predicted octanol–water partition coefficient (Wildman–Crippen LogP) is 2.69. The van der Waals surface area contributed by atoms with Crippen LogP contribution in [0.4, 0.5) is 0 Å². The van der Waals surface area contributed by atoms with Gasteiger partial charge in [-0.3, -0.25) is 0 Å². The molecule has 1 N–H and O–H groups in total. The van der Waals surface area contributed by atoms with Crippen molar-refractivity contribution in [3.05, 3.63) is 34.3 Å². The first-order valence-electron chi connectivity index (χ1n) is 6.10. The summed E-state index contributed by atoms with van der Waals surface area (Å²) in [5, 5.41) is 13.1. The van der Waals surface area contributed by atoms with E-state index in [1.165, 1.54) is 0 Å². The predicted molar refractivity (Wildman–Crippen MR) is 76.6 cm³/mol. The Labute approximate surface area is 124 Å². The van der Waals surface area contributed by atoms with Crippen LogP contribution in [-0.2, 0) is 6.42 Å². The molecule has 2 rings (SSSR count). The summed E-state index contributed by atoms with van der Waals surface area (Å²) in [6, 6.07) is 5.41. The summed E-state index contributed by atoms with van der Waals surface area (Å²) in [5.74, 6) is -0.0693. The van der Waals surface area contributed by atoms with Gasteiger partial charge in [-0.25, -0.2) is 14.5 Å². The number of ether oxygens (including phenoxy) is 1. The Morgan fingerprint density at radius 1 is 1.50 bits per heavy atom. The van der Waals surface area contributed by atoms with E-state index in [1.807, 2.05) is 19.1 Å². The minimum atomic E-state index is -1.14. The van der Waals surface area contributed by atoms with Crippen molar-refractivity contribution >= 4 is 21.9 Å². The van der Waals surface area contributed by atoms with E-state index in [1.54, 1.807) is 17.9 Å². The zero-order valence-corrected chi connectivity index (χ0v) is 12.7. The maximum Gasteiger partial charge on any atom is 0.375 e. The topological polar surface area (TPSA) is 77.2 Å². The molecule has 6 nitrogen and oxygen atoms in total. The molecule has 0 aliphatic rings. The van der Waals surface area contributed by atoms with Crippen LogP contribution < -0.4 is 4.74 Å². The number of aromatic nitrogens is 3. The maximum atomic E-state index is 11.0. The molecule has 0 aliphatic heterocycles. The van der Waals surface area contributed by atoms with E-state index in [9.17, 15) is 4.79 Å². The first kappa shape index (κ1) is 14.5. The number of aromatic carboxylic acids is 1. The third-order valence-electron chi connectivity index (χ3n) is 2.72. The molecule has 0 amide bonds. The Balaban J connectivity index is 2.58. The number of aryl methyl sites for hydroxylation is 1. The molecule has 0 radical (unpaired) electrons. The van der Waals surface area contributed by atoms with Crippen LogP contribution in [-0.4, -0.2) is 33.0 Å². The summed E-state index contributed by atoms with van der Waals surface area (Å²) in [5.41, 5.74) is 0.702. The number of hydrogen-bond donors (Lipinski definition) is 1. The number of nitrogens with zero attached hydrogens (tertiary/aromatic N) is 3. The second kappa shape index (κ2) is 6.04. The highest BCUT2D eigenvalue weighted by Gasteiger charge is 2.17. The van der Waals surface area contributed by atoms with Crippen molar-refractivity contribution in [2.24, 2.45) is 0 Å². The molecule has 1 heterocycles. The van der Waals surface area contributed by atoms with Crippen LogP contribution in [0.25, 0.3) is 5.69 Å². The van der Waals surface area contributed by atoms with Gasteiger partial charge in [0.2, 0.25) is 0 Å². The molecule has 0 fully saturated rings. The van der Waals surface area contributed by atoms with Gasteiger partial charge < -0.3 is 9.84 Å². The van der Waals surface area contributed by atoms with E-state index in [0.29, 0.717) is 23.7 Å². The fourth-order valence-electron chi connectivity index (χ4n) is 1.80. The van der Waals surface area contributed by atoms with E-state index < -0.39 is 5.97 Å². The third-order valence-corrected chi connectivity index (χ3v) is 3.39. The molecule has 2 aromatic rings. The summed E-state index contributed by atoms with van der Waals surface area (Å²) < 4.78 is 7.52. The lowest BCUT2D eigenvalue weighted by Gasteiger charge is -2.09. The van der Waals surface area contributed by atoms with Crippen LogP contribution in [0.15, 0.2) is 22.7 Å². The second-order valence-corrected chi connectivity index (χ2v) is 4.99. The SMILES string of the molecule is CCCc1nc(C(=O)O)nn1-c1cc(OC)ccc1Br. The molecule has 1 aromatic heterocycles. The molecule has 0 atom stereocenters. The summed E-state index contributed by atoms with van der Waals surface area (Å²) in [7, 11) is 1.57. The van der Waals surface area contributed by atoms with Crippen molar-refractivity contribution in [3.63, 3.8) is 0 Å². The first-order valence-corrected chi connectivity index (χ1v) is 6.89. The fourth-order valence-corrected chi connectivity index (χ4v) is 2.21. The molecule has 0 unspecified atom stereocenters. The quantitative estimate of drug-likeness (QED) is 0.906. The van der Waals surface area contributed by atoms with E-state index in [0.717, 1.165) is 10.9 Å². The molecule has 1 aromatic carbocycles. The largest absolute Gasteiger partial charge is 0.497 e. The maximum absolute atomic E-state index is 11.0. The Morgan fingerprint density at radius 2 is 2.25 bits per heavy atom. The van der Waals surface area contributed by atoms with Gasteiger partial charge >= 0.3 is 5.97 Å². The standard InChI is InChI=1S/C13H14BrN3O3/c1-3-4-11-15-12(13(18)19)16-17(11)10-7-8(20-2)5-6-9(10)14/h5-7H,3-4H2,1-2H3,(H,18,19). The molecule has 0 saturated heterocycles. The summed E-state index contributed by atoms with van der Waals surface area (Å²) in [4.78, 5) is 15.1. The second-order valence-electron chi connectivity index (χ2n) is 4.14. The molecule has 106 valence electrons. The highest BCUT2D eigenvalue weighted by atomic mass is 79.9. The zero-order chi connectivity index (χ0) is 14.7. The zero-order valence-electron chi connectivity index (χ0n) is 11.1. The third kappa shape index (κ3) is 2.82. The normalized spacial score (nSPS) is 10.6. The van der Waals surface area contributed by atoms with Crippen molar-refractivity contribution in [1.29, 1.82) is 0 Å². The summed E-state index contributed by atoms with van der Waals surface area (Å²) >= 11 is 3.44. The van der Waals surface area contributed by atoms with Crippen LogP contribution >= 0.6 is 15.9 Å². The van der Waals surface area contributed by atoms with Crippen LogP contribution in [0.2, 0.25) is 0 Å². The van der Waals surface area contributed by atoms with Crippen molar-refractivity contribution in [3.8, 4) is 11.4 Å². The van der Waals surface area contributed by atoms with Gasteiger partial charge in [-0.15, -0.1) is 5.10 Å². The number of carboxylic acid groups (broad SMARTS) is 1. The number of methoxy groups -OCH3 is 1. The summed E-state index contributed by atoms with van der Waals surface area (Å²) in [6.07, 6.45) is 1.49. The average Bonchev–Trinajstić information content (AvgIpc) is 2.84. The summed E-state index contributed by atoms with van der Waals surface area (Å²) in [6.45, 7) is 2.00. The molecule has 0 bridgehead atoms. The minimum Gasteiger partial charge on any atom is -0.497 e. The van der Waals surface area contributed by atoms with Crippen LogP contribution in [0.5, 0.6) is 5.75 Å². The van der Waals surface area contributed by atoms with Crippen LogP contribution in [0.1, 0.15) is 29.8 Å². The number of benzene rings is 1. The van der Waals surface area contributed by atoms with Gasteiger partial charge in [-0.1, -0.05) is 6.92 Å². The first-order chi connectivity index (χ1) is 9.56. The Kier molecular flexibility index (Phi) is 4.39. The lowest BCUT2D eigenvalue weighted by atomic mass is 10.3. The van der Waals surface area contributed by atoms with Gasteiger partial charge in [0.05, 0.1) is 12.8 Å². The lowest BCUT2D eigenvalue weighted by molar-refractivity contribution is 0.0683. The van der Waals surface area contributed by atoms with E-state index in [-0.39, 0.29) is 5.82 Å². The fraction of sp³-hybridized carbons (Fsp3) is 0.308. The van der Waals surface area contributed by atoms with E-state index in [2.05, 4.69) is 26.0 Å². The Bertz CT molecular complexity index is 640. The molecule has 7 heteroatoms. The molecule has 0 spiro atoms. The average molecular weight is 340 g/mol. The van der Waals surface area contributed by atoms with Crippen molar-refractivity contribution < 1.29 is 14.6 Å². The number of carbonyl (C=O) groups is 1. The van der Waals surface area contributed by atoms with Crippen molar-refractivity contribution in [2.45, 2.75) is 19.8 Å². The van der Waals surface area contributed by atoms with E-state index in [4.69, 9.17) is 9.84 Å². The van der Waals surface area contributed by atoms with Gasteiger partial charge in [0.15, 0.2) is 0 Å². The van der Waals surface area contributed by atoms with Gasteiger partial charge in [-0.2, -0.15) is 0 Å². The van der Waals surface area contributed by atoms with Crippen LogP contribution in [0, 0.1) is 0 Å². The Morgan fingerprint density at radius 3 is 2.85 bits per heavy atom. The number of carboxylic acids is 1.